The van der Waals surface area contributed by atoms with E-state index in [0.717, 1.165) is 53.4 Å². The molecular weight excluding hydrogens is 346 g/mol. The molecule has 3 aromatic rings. The maximum absolute atomic E-state index is 11.5. The van der Waals surface area contributed by atoms with Crippen LogP contribution in [0.25, 0.3) is 0 Å². The molecular formula is C21H19NO3S. The first-order valence-electron chi connectivity index (χ1n) is 9.02. The summed E-state index contributed by atoms with van der Waals surface area (Å²) in [7, 11) is 0. The number of rotatable bonds is 3. The average molecular weight is 365 g/mol. The number of aromatic hydroxyl groups is 1. The lowest BCUT2D eigenvalue weighted by atomic mass is 10.00. The number of H-pyrrole nitrogens is 1. The summed E-state index contributed by atoms with van der Waals surface area (Å²) < 4.78 is 6.21. The molecule has 0 spiro atoms. The van der Waals surface area contributed by atoms with Gasteiger partial charge in [-0.15, -0.1) is 0 Å². The Hall–Kier alpha value is -2.53. The van der Waals surface area contributed by atoms with Crippen LogP contribution in [-0.2, 0) is 19.3 Å². The molecule has 1 atom stereocenters. The second-order valence-corrected chi connectivity index (χ2v) is 8.04. The molecule has 2 aliphatic rings. The van der Waals surface area contributed by atoms with Crippen molar-refractivity contribution in [1.29, 1.82) is 0 Å². The highest BCUT2D eigenvalue weighted by molar-refractivity contribution is 7.09. The number of hydrogen-bond donors (Lipinski definition) is 2. The number of benzene rings is 2. The predicted octanol–water partition coefficient (Wildman–Crippen LogP) is 4.50. The van der Waals surface area contributed by atoms with Gasteiger partial charge < -0.3 is 9.84 Å². The molecule has 0 radical (unpaired) electrons. The van der Waals surface area contributed by atoms with Crippen LogP contribution in [0.15, 0.2) is 41.2 Å². The van der Waals surface area contributed by atoms with Crippen LogP contribution in [0.3, 0.4) is 0 Å². The van der Waals surface area contributed by atoms with Gasteiger partial charge in [0.2, 0.25) is 5.88 Å². The van der Waals surface area contributed by atoms with Crippen LogP contribution < -0.4 is 9.61 Å². The lowest BCUT2D eigenvalue weighted by Gasteiger charge is -2.13. The Bertz CT molecular complexity index is 1050. The zero-order chi connectivity index (χ0) is 17.7. The van der Waals surface area contributed by atoms with Crippen molar-refractivity contribution in [2.45, 2.75) is 38.0 Å². The van der Waals surface area contributed by atoms with E-state index in [1.807, 2.05) is 6.07 Å². The monoisotopic (exact) mass is 365 g/mol. The molecule has 2 aliphatic carbocycles. The molecule has 0 amide bonds. The van der Waals surface area contributed by atoms with Gasteiger partial charge in [0.05, 0.1) is 4.88 Å². The molecule has 5 rings (SSSR count). The van der Waals surface area contributed by atoms with Crippen molar-refractivity contribution in [2.24, 2.45) is 0 Å². The molecule has 1 heterocycles. The highest BCUT2D eigenvalue weighted by atomic mass is 32.1. The summed E-state index contributed by atoms with van der Waals surface area (Å²) in [6.45, 7) is 0. The van der Waals surface area contributed by atoms with Gasteiger partial charge in [0.15, 0.2) is 0 Å². The van der Waals surface area contributed by atoms with Gasteiger partial charge in [-0.3, -0.25) is 9.78 Å². The van der Waals surface area contributed by atoms with Crippen LogP contribution in [0, 0.1) is 0 Å². The van der Waals surface area contributed by atoms with Crippen molar-refractivity contribution in [3.63, 3.8) is 0 Å². The summed E-state index contributed by atoms with van der Waals surface area (Å²) in [5.74, 6) is 1.93. The van der Waals surface area contributed by atoms with Crippen LogP contribution in [0.2, 0.25) is 0 Å². The molecule has 2 aromatic carbocycles. The number of aryl methyl sites for hydroxylation is 2. The van der Waals surface area contributed by atoms with Crippen LogP contribution in [-0.4, -0.2) is 10.1 Å². The number of fused-ring (bicyclic) bond motifs is 2. The largest absolute Gasteiger partial charge is 0.494 e. The van der Waals surface area contributed by atoms with Crippen molar-refractivity contribution in [2.75, 3.05) is 0 Å². The Morgan fingerprint density at radius 2 is 2.04 bits per heavy atom. The fourth-order valence-corrected chi connectivity index (χ4v) is 5.19. The fraction of sp³-hybridized carbons (Fsp3) is 0.286. The van der Waals surface area contributed by atoms with Crippen LogP contribution in [0.1, 0.15) is 45.9 Å². The minimum Gasteiger partial charge on any atom is -0.494 e. The first-order chi connectivity index (χ1) is 12.7. The van der Waals surface area contributed by atoms with E-state index < -0.39 is 0 Å². The summed E-state index contributed by atoms with van der Waals surface area (Å²) in [4.78, 5) is 14.5. The van der Waals surface area contributed by atoms with E-state index in [-0.39, 0.29) is 16.7 Å². The molecule has 132 valence electrons. The van der Waals surface area contributed by atoms with Gasteiger partial charge in [0, 0.05) is 5.92 Å². The van der Waals surface area contributed by atoms with Crippen molar-refractivity contribution < 1.29 is 9.84 Å². The Kier molecular flexibility index (Phi) is 3.64. The topological polar surface area (TPSA) is 62.3 Å². The summed E-state index contributed by atoms with van der Waals surface area (Å²) in [6.07, 6.45) is 5.26. The number of ether oxygens (including phenoxy) is 1. The molecule has 2 N–H and O–H groups in total. The lowest BCUT2D eigenvalue weighted by Crippen LogP contribution is -1.95. The SMILES string of the molecule is O=c1[nH]c(O)c([C@@H]2CCc3cc(Oc4cccc5c4CCC5)ccc32)s1. The third-order valence-corrected chi connectivity index (χ3v) is 6.48. The predicted molar refractivity (Wildman–Crippen MR) is 102 cm³/mol. The maximum atomic E-state index is 11.5. The molecule has 26 heavy (non-hydrogen) atoms. The Morgan fingerprint density at radius 1 is 1.12 bits per heavy atom. The van der Waals surface area contributed by atoms with Gasteiger partial charge >= 0.3 is 4.87 Å². The first kappa shape index (κ1) is 15.7. The van der Waals surface area contributed by atoms with Gasteiger partial charge in [-0.2, -0.15) is 0 Å². The number of aromatic amines is 1. The van der Waals surface area contributed by atoms with Gasteiger partial charge in [0.25, 0.3) is 0 Å². The second-order valence-electron chi connectivity index (χ2n) is 7.03. The van der Waals surface area contributed by atoms with Crippen molar-refractivity contribution in [3.8, 4) is 17.4 Å². The minimum absolute atomic E-state index is 0.0121. The van der Waals surface area contributed by atoms with E-state index in [1.165, 1.54) is 28.7 Å². The van der Waals surface area contributed by atoms with Gasteiger partial charge in [-0.05, 0) is 72.6 Å². The summed E-state index contributed by atoms with van der Waals surface area (Å²) in [5.41, 5.74) is 5.16. The maximum Gasteiger partial charge on any atom is 0.307 e. The Labute approximate surface area is 155 Å². The van der Waals surface area contributed by atoms with E-state index in [0.29, 0.717) is 0 Å². The number of aromatic nitrogens is 1. The van der Waals surface area contributed by atoms with Crippen molar-refractivity contribution in [3.05, 3.63) is 73.2 Å². The van der Waals surface area contributed by atoms with E-state index in [2.05, 4.69) is 35.3 Å². The first-order valence-corrected chi connectivity index (χ1v) is 9.84. The lowest BCUT2D eigenvalue weighted by molar-refractivity contribution is 0.447. The van der Waals surface area contributed by atoms with Crippen LogP contribution >= 0.6 is 11.3 Å². The Morgan fingerprint density at radius 3 is 2.88 bits per heavy atom. The van der Waals surface area contributed by atoms with Crippen molar-refractivity contribution >= 4 is 11.3 Å². The zero-order valence-corrected chi connectivity index (χ0v) is 15.1. The number of hydrogen-bond acceptors (Lipinski definition) is 4. The zero-order valence-electron chi connectivity index (χ0n) is 14.2. The molecule has 0 fully saturated rings. The molecule has 4 nitrogen and oxygen atoms in total. The molecule has 0 saturated heterocycles. The molecule has 1 aromatic heterocycles. The van der Waals surface area contributed by atoms with Crippen molar-refractivity contribution in [1.82, 2.24) is 4.98 Å². The third-order valence-electron chi connectivity index (χ3n) is 5.50. The number of nitrogens with one attached hydrogen (secondary N) is 1. The summed E-state index contributed by atoms with van der Waals surface area (Å²) in [6, 6.07) is 12.5. The fourth-order valence-electron chi connectivity index (χ4n) is 4.31. The van der Waals surface area contributed by atoms with E-state index in [9.17, 15) is 9.90 Å². The Balaban J connectivity index is 1.45. The summed E-state index contributed by atoms with van der Waals surface area (Å²) in [5, 5.41) is 9.99. The van der Waals surface area contributed by atoms with Gasteiger partial charge in [-0.25, -0.2) is 0 Å². The highest BCUT2D eigenvalue weighted by Crippen LogP contribution is 2.43. The molecule has 0 bridgehead atoms. The normalized spacial score (nSPS) is 17.9. The second kappa shape index (κ2) is 6.02. The van der Waals surface area contributed by atoms with E-state index in [1.54, 1.807) is 0 Å². The smallest absolute Gasteiger partial charge is 0.307 e. The molecule has 0 aliphatic heterocycles. The van der Waals surface area contributed by atoms with E-state index in [4.69, 9.17) is 4.74 Å². The number of thiazole rings is 1. The average Bonchev–Trinajstić information content (AvgIpc) is 3.33. The molecule has 0 unspecified atom stereocenters. The standard InChI is InChI=1S/C21H19NO3S/c23-20-19(26-21(24)22-20)17-9-7-13-11-14(8-10-15(13)17)25-18-6-2-4-12-3-1-5-16(12)18/h2,4,6,8,10-11,17,23H,1,3,5,7,9H2,(H,22,24)/t17-/m1/s1. The molecule has 0 saturated carbocycles. The third kappa shape index (κ3) is 2.54. The quantitative estimate of drug-likeness (QED) is 0.718. The minimum atomic E-state index is -0.205. The van der Waals surface area contributed by atoms with Gasteiger partial charge in [-0.1, -0.05) is 29.5 Å². The van der Waals surface area contributed by atoms with E-state index >= 15 is 0 Å². The summed E-state index contributed by atoms with van der Waals surface area (Å²) >= 11 is 1.10. The highest BCUT2D eigenvalue weighted by Gasteiger charge is 2.28. The molecule has 5 heteroatoms. The van der Waals surface area contributed by atoms with Gasteiger partial charge in [0.1, 0.15) is 11.5 Å². The van der Waals surface area contributed by atoms with Crippen LogP contribution in [0.4, 0.5) is 0 Å². The van der Waals surface area contributed by atoms with Crippen LogP contribution in [0.5, 0.6) is 17.4 Å².